The van der Waals surface area contributed by atoms with Gasteiger partial charge in [-0.15, -0.1) is 0 Å². The maximum absolute atomic E-state index is 5.33. The first-order chi connectivity index (χ1) is 7.95. The van der Waals surface area contributed by atoms with Crippen LogP contribution in [0.4, 0.5) is 0 Å². The summed E-state index contributed by atoms with van der Waals surface area (Å²) in [6.07, 6.45) is 6.59. The fourth-order valence-electron chi connectivity index (χ4n) is 1.30. The average Bonchev–Trinajstić information content (AvgIpc) is 2.30. The fraction of sp³-hybridized carbons (Fsp3) is 0.692. The normalized spacial score (nSPS) is 10.0. The maximum Gasteiger partial charge on any atom is -0.00645 e. The first kappa shape index (κ1) is 17.4. The van der Waals surface area contributed by atoms with Crippen molar-refractivity contribution in [3.05, 3.63) is 0 Å². The third-order valence-corrected chi connectivity index (χ3v) is 4.03. The molecule has 0 aromatic rings. The minimum absolute atomic E-state index is 0.926. The molecule has 0 aliphatic heterocycles. The van der Waals surface area contributed by atoms with Crippen molar-refractivity contribution < 1.29 is 0 Å². The van der Waals surface area contributed by atoms with E-state index in [1.807, 2.05) is 6.92 Å². The van der Waals surface area contributed by atoms with E-state index in [9.17, 15) is 0 Å². The molecular weight excluding hydrogens is 284 g/mol. The number of thiocarbonyl (C=S) groups is 4. The lowest BCUT2D eigenvalue weighted by molar-refractivity contribution is 1.04. The molecule has 4 heteroatoms. The SMILES string of the molecule is CCC(=S)CCC(=S)CCC(=S)CCC(C)=S. The molecule has 0 unspecified atom stereocenters. The molecule has 0 bridgehead atoms. The lowest BCUT2D eigenvalue weighted by Gasteiger charge is -2.05. The molecule has 0 aliphatic carbocycles. The van der Waals surface area contributed by atoms with Gasteiger partial charge in [0.25, 0.3) is 0 Å². The molecule has 0 saturated carbocycles. The summed E-state index contributed by atoms with van der Waals surface area (Å²) in [5.74, 6) is 0. The largest absolute Gasteiger partial charge is 0.0900 e. The van der Waals surface area contributed by atoms with E-state index >= 15 is 0 Å². The Morgan fingerprint density at radius 3 is 1.35 bits per heavy atom. The van der Waals surface area contributed by atoms with Crippen LogP contribution < -0.4 is 0 Å². The van der Waals surface area contributed by atoms with Crippen LogP contribution in [0.3, 0.4) is 0 Å². The van der Waals surface area contributed by atoms with Crippen molar-refractivity contribution >= 4 is 68.3 Å². The predicted molar refractivity (Wildman–Crippen MR) is 94.1 cm³/mol. The van der Waals surface area contributed by atoms with Crippen LogP contribution in [-0.4, -0.2) is 19.5 Å². The van der Waals surface area contributed by atoms with Gasteiger partial charge in [0.15, 0.2) is 0 Å². The molecule has 17 heavy (non-hydrogen) atoms. The molecule has 0 aliphatic rings. The molecule has 0 radical (unpaired) electrons. The Morgan fingerprint density at radius 1 is 0.647 bits per heavy atom. The molecule has 0 aromatic heterocycles. The van der Waals surface area contributed by atoms with Gasteiger partial charge in [-0.2, -0.15) is 0 Å². The van der Waals surface area contributed by atoms with Crippen LogP contribution >= 0.6 is 48.9 Å². The van der Waals surface area contributed by atoms with Gasteiger partial charge >= 0.3 is 0 Å². The summed E-state index contributed by atoms with van der Waals surface area (Å²) >= 11 is 20.8. The predicted octanol–water partition coefficient (Wildman–Crippen LogP) is 5.24. The molecule has 0 fully saturated rings. The van der Waals surface area contributed by atoms with Crippen LogP contribution in [0, 0.1) is 0 Å². The van der Waals surface area contributed by atoms with Gasteiger partial charge in [-0.3, -0.25) is 0 Å². The Kier molecular flexibility index (Phi) is 10.5. The quantitative estimate of drug-likeness (QED) is 0.506. The minimum atomic E-state index is 0.926. The van der Waals surface area contributed by atoms with Crippen LogP contribution in [0.15, 0.2) is 0 Å². The molecular formula is C13H20S4. The molecule has 0 aromatic carbocycles. The van der Waals surface area contributed by atoms with Crippen molar-refractivity contribution in [3.8, 4) is 0 Å². The lowest BCUT2D eigenvalue weighted by Crippen LogP contribution is -2.04. The average molecular weight is 305 g/mol. The van der Waals surface area contributed by atoms with Crippen LogP contribution in [0.5, 0.6) is 0 Å². The molecule has 0 atom stereocenters. The summed E-state index contributed by atoms with van der Waals surface area (Å²) in [6.45, 7) is 4.06. The molecule has 0 nitrogen and oxygen atoms in total. The van der Waals surface area contributed by atoms with E-state index in [0.29, 0.717) is 0 Å². The summed E-state index contributed by atoms with van der Waals surface area (Å²) in [5.41, 5.74) is 0. The van der Waals surface area contributed by atoms with Gasteiger partial charge in [0, 0.05) is 0 Å². The van der Waals surface area contributed by atoms with Gasteiger partial charge < -0.3 is 0 Å². The van der Waals surface area contributed by atoms with E-state index in [0.717, 1.165) is 64.4 Å². The summed E-state index contributed by atoms with van der Waals surface area (Å²) in [5, 5.41) is 0. The second-order valence-corrected chi connectivity index (χ2v) is 6.60. The highest BCUT2D eigenvalue weighted by atomic mass is 32.1. The Balaban J connectivity index is 3.66. The molecule has 0 spiro atoms. The monoisotopic (exact) mass is 304 g/mol. The zero-order chi connectivity index (χ0) is 13.3. The van der Waals surface area contributed by atoms with E-state index in [-0.39, 0.29) is 0 Å². The van der Waals surface area contributed by atoms with Crippen molar-refractivity contribution in [1.82, 2.24) is 0 Å². The molecule has 0 rings (SSSR count). The minimum Gasteiger partial charge on any atom is -0.0900 e. The van der Waals surface area contributed by atoms with Crippen molar-refractivity contribution in [2.75, 3.05) is 0 Å². The summed E-state index contributed by atoms with van der Waals surface area (Å²) < 4.78 is 0. The zero-order valence-corrected chi connectivity index (χ0v) is 13.8. The van der Waals surface area contributed by atoms with Crippen molar-refractivity contribution in [2.45, 2.75) is 58.8 Å². The molecule has 0 amide bonds. The standard InChI is InChI=1S/C13H20S4/c1-3-11(15)6-7-13(17)9-8-12(16)5-4-10(2)14/h3-9H2,1-2H3. The summed E-state index contributed by atoms with van der Waals surface area (Å²) in [6, 6.07) is 0. The van der Waals surface area contributed by atoms with Crippen LogP contribution in [0.25, 0.3) is 0 Å². The Morgan fingerprint density at radius 2 is 1.00 bits per heavy atom. The highest BCUT2D eigenvalue weighted by Gasteiger charge is 2.03. The van der Waals surface area contributed by atoms with Crippen molar-refractivity contribution in [3.63, 3.8) is 0 Å². The maximum atomic E-state index is 5.33. The number of hydrogen-bond donors (Lipinski definition) is 0. The Hall–Kier alpha value is 0.360. The highest BCUT2D eigenvalue weighted by molar-refractivity contribution is 7.81. The molecule has 0 heterocycles. The zero-order valence-electron chi connectivity index (χ0n) is 10.6. The van der Waals surface area contributed by atoms with Gasteiger partial charge in [-0.1, -0.05) is 55.8 Å². The van der Waals surface area contributed by atoms with E-state index < -0.39 is 0 Å². The van der Waals surface area contributed by atoms with Gasteiger partial charge in [-0.05, 0) is 71.3 Å². The summed E-state index contributed by atoms with van der Waals surface area (Å²) in [4.78, 5) is 4.34. The van der Waals surface area contributed by atoms with Gasteiger partial charge in [-0.25, -0.2) is 0 Å². The smallest absolute Gasteiger partial charge is 0.00645 e. The van der Waals surface area contributed by atoms with Crippen LogP contribution in [-0.2, 0) is 0 Å². The third kappa shape index (κ3) is 11.2. The second kappa shape index (κ2) is 10.3. The number of rotatable bonds is 10. The second-order valence-electron chi connectivity index (χ2n) is 4.17. The first-order valence-corrected chi connectivity index (χ1v) is 7.63. The molecule has 0 N–H and O–H groups in total. The van der Waals surface area contributed by atoms with Crippen LogP contribution in [0.1, 0.15) is 58.8 Å². The molecule has 96 valence electrons. The summed E-state index contributed by atoms with van der Waals surface area (Å²) in [7, 11) is 0. The van der Waals surface area contributed by atoms with E-state index in [1.54, 1.807) is 0 Å². The topological polar surface area (TPSA) is 0 Å². The number of hydrogen-bond acceptors (Lipinski definition) is 4. The highest BCUT2D eigenvalue weighted by Crippen LogP contribution is 2.08. The fourth-order valence-corrected chi connectivity index (χ4v) is 1.91. The Bertz CT molecular complexity index is 305. The third-order valence-electron chi connectivity index (χ3n) is 2.52. The lowest BCUT2D eigenvalue weighted by atomic mass is 10.1. The van der Waals surface area contributed by atoms with E-state index in [1.165, 1.54) is 0 Å². The first-order valence-electron chi connectivity index (χ1n) is 6.00. The van der Waals surface area contributed by atoms with Gasteiger partial charge in [0.1, 0.15) is 0 Å². The van der Waals surface area contributed by atoms with Crippen molar-refractivity contribution in [2.24, 2.45) is 0 Å². The van der Waals surface area contributed by atoms with Gasteiger partial charge in [0.2, 0.25) is 0 Å². The Labute approximate surface area is 127 Å². The van der Waals surface area contributed by atoms with Gasteiger partial charge in [0.05, 0.1) is 0 Å². The van der Waals surface area contributed by atoms with E-state index in [4.69, 9.17) is 48.9 Å². The van der Waals surface area contributed by atoms with Crippen molar-refractivity contribution in [1.29, 1.82) is 0 Å². The van der Waals surface area contributed by atoms with Crippen LogP contribution in [0.2, 0.25) is 0 Å². The molecule has 0 saturated heterocycles. The van der Waals surface area contributed by atoms with E-state index in [2.05, 4.69) is 6.92 Å².